The van der Waals surface area contributed by atoms with Crippen molar-refractivity contribution in [3.05, 3.63) is 65.9 Å². The lowest BCUT2D eigenvalue weighted by molar-refractivity contribution is -0.0755. The largest absolute Gasteiger partial charge is 0.445 e. The highest BCUT2D eigenvalue weighted by atomic mass is 16.6. The van der Waals surface area contributed by atoms with Gasteiger partial charge in [0, 0.05) is 30.1 Å². The van der Waals surface area contributed by atoms with E-state index in [9.17, 15) is 9.59 Å². The maximum Gasteiger partial charge on any atom is 0.410 e. The molecule has 1 amide bonds. The summed E-state index contributed by atoms with van der Waals surface area (Å²) in [6.07, 6.45) is 2.76. The molecule has 2 aromatic carbocycles. The third-order valence-corrected chi connectivity index (χ3v) is 6.21. The summed E-state index contributed by atoms with van der Waals surface area (Å²) in [6.45, 7) is 1.10. The second-order valence-electron chi connectivity index (χ2n) is 8.40. The van der Waals surface area contributed by atoms with Crippen molar-refractivity contribution in [2.45, 2.75) is 31.5 Å². The summed E-state index contributed by atoms with van der Waals surface area (Å²) in [4.78, 5) is 27.9. The van der Waals surface area contributed by atoms with E-state index in [4.69, 9.17) is 9.47 Å². The topological polar surface area (TPSA) is 73.7 Å². The van der Waals surface area contributed by atoms with Gasteiger partial charge in [-0.15, -0.1) is 0 Å². The van der Waals surface area contributed by atoms with Crippen LogP contribution in [0.1, 0.15) is 28.8 Å². The standard InChI is InChI=1S/C24H25N3O4/c1-26-12-18-8-7-17(11-22(18)25-26)23(28)19-9-20-14-30-15-21(10-19)27(20)24(29)31-13-16-5-3-2-4-6-16/h2-8,11-12,19-21H,9-10,13-15H2,1H3. The molecule has 0 spiro atoms. The zero-order valence-corrected chi connectivity index (χ0v) is 17.4. The number of piperidine rings is 1. The fraction of sp³-hybridized carbons (Fsp3) is 0.375. The average molecular weight is 419 g/mol. The number of carbonyl (C=O) groups is 2. The van der Waals surface area contributed by atoms with Crippen LogP contribution in [0.4, 0.5) is 4.79 Å². The molecule has 3 heterocycles. The molecule has 2 unspecified atom stereocenters. The van der Waals surface area contributed by atoms with Crippen molar-refractivity contribution in [2.75, 3.05) is 13.2 Å². The summed E-state index contributed by atoms with van der Waals surface area (Å²) in [6, 6.07) is 15.0. The Labute approximate surface area is 180 Å². The predicted octanol–water partition coefficient (Wildman–Crippen LogP) is 3.57. The summed E-state index contributed by atoms with van der Waals surface area (Å²) < 4.78 is 13.0. The van der Waals surface area contributed by atoms with Crippen LogP contribution in [-0.4, -0.2) is 51.9 Å². The van der Waals surface area contributed by atoms with E-state index in [1.165, 1.54) is 0 Å². The number of carbonyl (C=O) groups excluding carboxylic acids is 2. The Balaban J connectivity index is 1.28. The van der Waals surface area contributed by atoms with Crippen LogP contribution in [0.2, 0.25) is 0 Å². The average Bonchev–Trinajstić information content (AvgIpc) is 3.16. The van der Waals surface area contributed by atoms with Gasteiger partial charge in [-0.05, 0) is 24.5 Å². The Kier molecular flexibility index (Phi) is 5.19. The van der Waals surface area contributed by atoms with Crippen LogP contribution in [0, 0.1) is 5.92 Å². The maximum atomic E-state index is 13.3. The van der Waals surface area contributed by atoms with E-state index in [0.29, 0.717) is 31.6 Å². The van der Waals surface area contributed by atoms with E-state index in [1.807, 2.05) is 61.8 Å². The normalized spacial score (nSPS) is 23.0. The van der Waals surface area contributed by atoms with Crippen molar-refractivity contribution in [1.82, 2.24) is 14.7 Å². The summed E-state index contributed by atoms with van der Waals surface area (Å²) in [5, 5.41) is 5.43. The van der Waals surface area contributed by atoms with Gasteiger partial charge in [-0.25, -0.2) is 4.79 Å². The number of amides is 1. The minimum Gasteiger partial charge on any atom is -0.445 e. The smallest absolute Gasteiger partial charge is 0.410 e. The molecule has 0 N–H and O–H groups in total. The number of morpholine rings is 1. The lowest BCUT2D eigenvalue weighted by atomic mass is 9.81. The minimum atomic E-state index is -0.331. The molecule has 2 atom stereocenters. The molecule has 0 radical (unpaired) electrons. The third-order valence-electron chi connectivity index (χ3n) is 6.21. The lowest BCUT2D eigenvalue weighted by Crippen LogP contribution is -2.59. The summed E-state index contributed by atoms with van der Waals surface area (Å²) in [5.74, 6) is -0.0278. The van der Waals surface area contributed by atoms with Crippen LogP contribution >= 0.6 is 0 Å². The molecule has 7 heteroatoms. The maximum absolute atomic E-state index is 13.3. The van der Waals surface area contributed by atoms with Gasteiger partial charge in [0.25, 0.3) is 0 Å². The highest BCUT2D eigenvalue weighted by Crippen LogP contribution is 2.34. The third kappa shape index (κ3) is 3.93. The fourth-order valence-corrected chi connectivity index (χ4v) is 4.75. The van der Waals surface area contributed by atoms with E-state index < -0.39 is 0 Å². The molecule has 0 saturated carbocycles. The van der Waals surface area contributed by atoms with Gasteiger partial charge in [-0.3, -0.25) is 14.4 Å². The number of Topliss-reactive ketones (excluding diaryl/α,β-unsaturated/α-hetero) is 1. The van der Waals surface area contributed by atoms with Crippen molar-refractivity contribution in [3.8, 4) is 0 Å². The van der Waals surface area contributed by atoms with Crippen molar-refractivity contribution in [2.24, 2.45) is 13.0 Å². The molecule has 1 aromatic heterocycles. The van der Waals surface area contributed by atoms with E-state index in [1.54, 1.807) is 9.58 Å². The fourth-order valence-electron chi connectivity index (χ4n) is 4.75. The number of aromatic nitrogens is 2. The van der Waals surface area contributed by atoms with Gasteiger partial charge in [0.05, 0.1) is 30.8 Å². The highest BCUT2D eigenvalue weighted by Gasteiger charge is 2.44. The summed E-state index contributed by atoms with van der Waals surface area (Å²) in [7, 11) is 1.87. The van der Waals surface area contributed by atoms with Gasteiger partial charge in [0.1, 0.15) is 6.61 Å². The van der Waals surface area contributed by atoms with Gasteiger partial charge in [0.2, 0.25) is 0 Å². The van der Waals surface area contributed by atoms with Crippen LogP contribution in [0.25, 0.3) is 10.9 Å². The van der Waals surface area contributed by atoms with E-state index in [-0.39, 0.29) is 36.5 Å². The second-order valence-corrected chi connectivity index (χ2v) is 8.40. The van der Waals surface area contributed by atoms with E-state index in [0.717, 1.165) is 16.5 Å². The van der Waals surface area contributed by atoms with Crippen LogP contribution in [0.5, 0.6) is 0 Å². The van der Waals surface area contributed by atoms with Gasteiger partial charge >= 0.3 is 6.09 Å². The van der Waals surface area contributed by atoms with Crippen molar-refractivity contribution < 1.29 is 19.1 Å². The zero-order chi connectivity index (χ0) is 21.4. The van der Waals surface area contributed by atoms with Crippen molar-refractivity contribution in [1.29, 1.82) is 0 Å². The first-order chi connectivity index (χ1) is 15.1. The van der Waals surface area contributed by atoms with Gasteiger partial charge in [0.15, 0.2) is 5.78 Å². The number of benzene rings is 2. The summed E-state index contributed by atoms with van der Waals surface area (Å²) >= 11 is 0. The first-order valence-electron chi connectivity index (χ1n) is 10.6. The number of nitrogens with zero attached hydrogens (tertiary/aromatic N) is 3. The molecule has 5 rings (SSSR count). The van der Waals surface area contributed by atoms with Gasteiger partial charge in [-0.2, -0.15) is 5.10 Å². The first-order valence-corrected chi connectivity index (χ1v) is 10.6. The Morgan fingerprint density at radius 3 is 2.58 bits per heavy atom. The first kappa shape index (κ1) is 19.8. The molecule has 2 fully saturated rings. The lowest BCUT2D eigenvalue weighted by Gasteiger charge is -2.47. The quantitative estimate of drug-likeness (QED) is 0.605. The molecule has 7 nitrogen and oxygen atoms in total. The van der Waals surface area contributed by atoms with E-state index >= 15 is 0 Å². The van der Waals surface area contributed by atoms with Crippen LogP contribution in [0.3, 0.4) is 0 Å². The molecular formula is C24H25N3O4. The van der Waals surface area contributed by atoms with Gasteiger partial charge in [-0.1, -0.05) is 42.5 Å². The monoisotopic (exact) mass is 419 g/mol. The Hall–Kier alpha value is -3.19. The molecule has 160 valence electrons. The van der Waals surface area contributed by atoms with Crippen LogP contribution in [0.15, 0.2) is 54.7 Å². The minimum absolute atomic E-state index is 0.113. The Bertz CT molecular complexity index is 1100. The highest BCUT2D eigenvalue weighted by molar-refractivity contribution is 6.00. The second kappa shape index (κ2) is 8.15. The number of ether oxygens (including phenoxy) is 2. The predicted molar refractivity (Wildman–Crippen MR) is 115 cm³/mol. The molecule has 2 saturated heterocycles. The Morgan fingerprint density at radius 1 is 1.10 bits per heavy atom. The summed E-state index contributed by atoms with van der Waals surface area (Å²) in [5.41, 5.74) is 2.45. The molecule has 2 aliphatic rings. The van der Waals surface area contributed by atoms with Crippen molar-refractivity contribution >= 4 is 22.8 Å². The molecular weight excluding hydrogens is 394 g/mol. The number of ketones is 1. The zero-order valence-electron chi connectivity index (χ0n) is 17.4. The molecule has 2 aliphatic heterocycles. The number of aryl methyl sites for hydroxylation is 1. The van der Waals surface area contributed by atoms with E-state index in [2.05, 4.69) is 5.10 Å². The van der Waals surface area contributed by atoms with Gasteiger partial charge < -0.3 is 9.47 Å². The van der Waals surface area contributed by atoms with Crippen molar-refractivity contribution in [3.63, 3.8) is 0 Å². The molecule has 2 bridgehead atoms. The molecule has 0 aliphatic carbocycles. The SMILES string of the molecule is Cn1cc2ccc(C(=O)C3CC4COCC(C3)N4C(=O)OCc3ccccc3)cc2n1. The number of hydrogen-bond acceptors (Lipinski definition) is 5. The number of rotatable bonds is 4. The molecule has 3 aromatic rings. The van der Waals surface area contributed by atoms with Crippen LogP contribution < -0.4 is 0 Å². The Morgan fingerprint density at radius 2 is 1.84 bits per heavy atom. The number of fused-ring (bicyclic) bond motifs is 3. The molecule has 31 heavy (non-hydrogen) atoms. The van der Waals surface area contributed by atoms with Crippen LogP contribution in [-0.2, 0) is 23.1 Å². The number of hydrogen-bond donors (Lipinski definition) is 0.